The van der Waals surface area contributed by atoms with Crippen molar-refractivity contribution in [3.8, 4) is 0 Å². The van der Waals surface area contributed by atoms with E-state index in [2.05, 4.69) is 95.8 Å². The number of hydrogen-bond donors (Lipinski definition) is 15. The molecule has 1 saturated heterocycles. The molecule has 10 amide bonds. The number of nitrogens with one attached hydrogen (secondary N) is 12. The van der Waals surface area contributed by atoms with Gasteiger partial charge in [-0.05, 0) is 66.8 Å². The summed E-state index contributed by atoms with van der Waals surface area (Å²) >= 11 is 0. The van der Waals surface area contributed by atoms with Crippen LogP contribution in [-0.4, -0.2) is 268 Å². The first kappa shape index (κ1) is 81.8. The van der Waals surface area contributed by atoms with Gasteiger partial charge >= 0.3 is 17.9 Å². The predicted octanol–water partition coefficient (Wildman–Crippen LogP) is -2.04. The highest BCUT2D eigenvalue weighted by molar-refractivity contribution is 5.97. The van der Waals surface area contributed by atoms with Crippen molar-refractivity contribution >= 4 is 93.6 Å². The smallest absolute Gasteiger partial charge is 0.317 e. The maximum Gasteiger partial charge on any atom is 0.317 e. The number of fused-ring (bicyclic) bond motifs is 1. The van der Waals surface area contributed by atoms with Crippen LogP contribution in [0.1, 0.15) is 78.1 Å². The Labute approximate surface area is 585 Å². The van der Waals surface area contributed by atoms with Crippen molar-refractivity contribution in [3.05, 3.63) is 84.1 Å². The SMILES string of the molecule is CC(C)CC(CC(C)C)NC(=O)[C@H](Cc1cnc[nH]1)NC(=O)CNC(=O)C(NC(=O)[C@H](C)NC(=O)[C@H](Cc1c[nH]c2ccccc12)NC(=O)CNC(=O)CNC(=O)COCC(=O)Nc1ccc(CNC(=O)CN2CCN(CC(=O)O)CCN(CC(=O)O)CCN(CC(=O)O)CC2)cc1)C(C)C. The first-order valence-electron chi connectivity index (χ1n) is 33.6. The lowest BCUT2D eigenvalue weighted by Gasteiger charge is -2.32. The highest BCUT2D eigenvalue weighted by Gasteiger charge is 2.32. The second kappa shape index (κ2) is 42.3. The molecule has 2 aromatic heterocycles. The number of H-pyrrole nitrogens is 2. The lowest BCUT2D eigenvalue weighted by atomic mass is 9.95. The predicted molar refractivity (Wildman–Crippen MR) is 369 cm³/mol. The summed E-state index contributed by atoms with van der Waals surface area (Å²) < 4.78 is 5.24. The van der Waals surface area contributed by atoms with Gasteiger partial charge in [-0.25, -0.2) is 4.98 Å². The number of ether oxygens (including phenoxy) is 1. The van der Waals surface area contributed by atoms with Gasteiger partial charge < -0.3 is 83.2 Å². The average Bonchev–Trinajstić information content (AvgIpc) is 1.70. The molecule has 101 heavy (non-hydrogen) atoms. The fourth-order valence-corrected chi connectivity index (χ4v) is 11.0. The van der Waals surface area contributed by atoms with Crippen LogP contribution in [0, 0.1) is 17.8 Å². The van der Waals surface area contributed by atoms with Crippen molar-refractivity contribution < 1.29 is 82.4 Å². The average molecular weight is 1410 g/mol. The van der Waals surface area contributed by atoms with E-state index in [-0.39, 0.29) is 110 Å². The number of hydrogen-bond acceptors (Lipinski definition) is 19. The Kier molecular flexibility index (Phi) is 34.2. The molecule has 3 heterocycles. The highest BCUT2D eigenvalue weighted by atomic mass is 16.5. The maximum atomic E-state index is 14.0. The monoisotopic (exact) mass is 1410 g/mol. The molecule has 0 spiro atoms. The van der Waals surface area contributed by atoms with Gasteiger partial charge in [0, 0.05) is 112 Å². The second-order valence-corrected chi connectivity index (χ2v) is 26.1. The minimum Gasteiger partial charge on any atom is -0.480 e. The molecule has 15 N–H and O–H groups in total. The zero-order chi connectivity index (χ0) is 74.1. The van der Waals surface area contributed by atoms with Gasteiger partial charge in [-0.2, -0.15) is 0 Å². The van der Waals surface area contributed by atoms with Gasteiger partial charge in [0.05, 0.1) is 52.1 Å². The van der Waals surface area contributed by atoms with E-state index in [1.807, 2.05) is 18.2 Å². The number of aromatic nitrogens is 3. The van der Waals surface area contributed by atoms with Crippen LogP contribution in [0.2, 0.25) is 0 Å². The van der Waals surface area contributed by atoms with Crippen LogP contribution in [-0.2, 0) is 86.5 Å². The van der Waals surface area contributed by atoms with E-state index < -0.39 is 134 Å². The van der Waals surface area contributed by atoms with Crippen molar-refractivity contribution in [2.75, 3.05) is 117 Å². The van der Waals surface area contributed by atoms with Gasteiger partial charge in [-0.3, -0.25) is 81.9 Å². The molecule has 1 aliphatic heterocycles. The van der Waals surface area contributed by atoms with Gasteiger partial charge in [0.2, 0.25) is 59.1 Å². The minimum absolute atomic E-state index is 0.0714. The summed E-state index contributed by atoms with van der Waals surface area (Å²) in [5, 5.41) is 55.6. The lowest BCUT2D eigenvalue weighted by Crippen LogP contribution is -2.58. The third-order valence-corrected chi connectivity index (χ3v) is 16.1. The van der Waals surface area contributed by atoms with E-state index in [0.717, 1.165) is 23.7 Å². The third kappa shape index (κ3) is 31.5. The van der Waals surface area contributed by atoms with Crippen LogP contribution in [0.4, 0.5) is 5.69 Å². The number of benzene rings is 2. The van der Waals surface area contributed by atoms with Crippen LogP contribution >= 0.6 is 0 Å². The number of nitrogens with zero attached hydrogens (tertiary/aromatic N) is 5. The summed E-state index contributed by atoms with van der Waals surface area (Å²) in [5.41, 5.74) is 3.02. The summed E-state index contributed by atoms with van der Waals surface area (Å²) in [4.78, 5) is 185. The van der Waals surface area contributed by atoms with E-state index in [0.29, 0.717) is 34.3 Å². The molecule has 34 heteroatoms. The zero-order valence-corrected chi connectivity index (χ0v) is 58.3. The molecule has 4 atom stereocenters. The second-order valence-electron chi connectivity index (χ2n) is 26.1. The van der Waals surface area contributed by atoms with Crippen molar-refractivity contribution in [2.45, 2.75) is 111 Å². The number of amides is 10. The standard InChI is InChI=1S/C67H99N17O17/c1-41(2)24-48(25-42(3)4)77-66(99)53(27-49-30-68-40-74-49)79-56(87)33-73-67(100)63(43(5)6)80-64(97)44(7)75-65(98)52(26-46-29-69-51-11-9-8-10-50(46)51)78-55(86)32-71-54(85)31-72-58(89)38-101-39-59(90)76-47-14-12-45(13-15-47)28-70-57(88)34-81-16-18-82(35-60(91)92)20-22-84(37-62(95)96)23-21-83(19-17-81)36-61(93)94/h8-15,29-30,40-44,48,52-53,63,69H,16-28,31-39H2,1-7H3,(H,68,74)(H,70,88)(H,71,85)(H,72,89)(H,73,100)(H,75,98)(H,76,90)(H,77,99)(H,78,86)(H,79,87)(H,80,97)(H,91,92)(H,93,94)(H,95,96)/t44-,52-,53-,63?/m0/s1. The number of carboxylic acid groups (broad SMARTS) is 3. The molecule has 0 bridgehead atoms. The Bertz CT molecular complexity index is 3380. The van der Waals surface area contributed by atoms with E-state index in [1.54, 1.807) is 76.2 Å². The molecular formula is C67H99N17O17. The summed E-state index contributed by atoms with van der Waals surface area (Å²) in [6.07, 6.45) is 6.16. The van der Waals surface area contributed by atoms with Crippen LogP contribution in [0.25, 0.3) is 10.9 Å². The quantitative estimate of drug-likeness (QED) is 0.0229. The number of imidazole rings is 1. The molecule has 0 radical (unpaired) electrons. The first-order valence-corrected chi connectivity index (χ1v) is 33.6. The van der Waals surface area contributed by atoms with Crippen molar-refractivity contribution in [2.24, 2.45) is 17.8 Å². The molecule has 5 rings (SSSR count). The molecule has 34 nitrogen and oxygen atoms in total. The van der Waals surface area contributed by atoms with Gasteiger partial charge in [-0.1, -0.05) is 71.9 Å². The molecule has 1 unspecified atom stereocenters. The number of carbonyl (C=O) groups is 13. The Morgan fingerprint density at radius 3 is 1.54 bits per heavy atom. The molecule has 2 aromatic carbocycles. The van der Waals surface area contributed by atoms with Crippen LogP contribution in [0.15, 0.2) is 67.3 Å². The maximum absolute atomic E-state index is 14.0. The number of rotatable bonds is 39. The molecule has 4 aromatic rings. The molecule has 0 saturated carbocycles. The van der Waals surface area contributed by atoms with Gasteiger partial charge in [-0.15, -0.1) is 0 Å². The van der Waals surface area contributed by atoms with Gasteiger partial charge in [0.25, 0.3) is 0 Å². The van der Waals surface area contributed by atoms with Crippen LogP contribution < -0.4 is 53.2 Å². The fraction of sp³-hybridized carbons (Fsp3) is 0.552. The van der Waals surface area contributed by atoms with Crippen LogP contribution in [0.5, 0.6) is 0 Å². The number of carbonyl (C=O) groups excluding carboxylic acids is 10. The number of carboxylic acids is 3. The summed E-state index contributed by atoms with van der Waals surface area (Å²) in [6, 6.07) is 8.81. The van der Waals surface area contributed by atoms with E-state index in [1.165, 1.54) is 13.3 Å². The lowest BCUT2D eigenvalue weighted by molar-refractivity contribution is -0.140. The largest absolute Gasteiger partial charge is 0.480 e. The van der Waals surface area contributed by atoms with Gasteiger partial charge in [0.1, 0.15) is 37.4 Å². The Hall–Kier alpha value is -9.90. The summed E-state index contributed by atoms with van der Waals surface area (Å²) in [6.45, 7) is 11.1. The van der Waals surface area contributed by atoms with Crippen LogP contribution in [0.3, 0.4) is 0 Å². The minimum atomic E-state index is -1.31. The Morgan fingerprint density at radius 1 is 0.505 bits per heavy atom. The molecular weight excluding hydrogens is 1310 g/mol. The molecule has 554 valence electrons. The third-order valence-electron chi connectivity index (χ3n) is 16.1. The fourth-order valence-electron chi connectivity index (χ4n) is 11.0. The number of aromatic amines is 2. The zero-order valence-electron chi connectivity index (χ0n) is 58.3. The number of anilines is 1. The molecule has 1 aliphatic rings. The van der Waals surface area contributed by atoms with Crippen molar-refractivity contribution in [1.82, 2.24) is 82.4 Å². The van der Waals surface area contributed by atoms with E-state index >= 15 is 0 Å². The van der Waals surface area contributed by atoms with Crippen molar-refractivity contribution in [3.63, 3.8) is 0 Å². The normalized spacial score (nSPS) is 14.8. The van der Waals surface area contributed by atoms with E-state index in [9.17, 15) is 77.6 Å². The van der Waals surface area contributed by atoms with E-state index in [4.69, 9.17) is 4.74 Å². The topological polar surface area (TPSA) is 470 Å². The van der Waals surface area contributed by atoms with Gasteiger partial charge in [0.15, 0.2) is 0 Å². The highest BCUT2D eigenvalue weighted by Crippen LogP contribution is 2.20. The molecule has 1 fully saturated rings. The number of aliphatic carboxylic acids is 3. The molecule has 0 aliphatic carbocycles. The Morgan fingerprint density at radius 2 is 1.01 bits per heavy atom. The number of para-hydroxylation sites is 1. The summed E-state index contributed by atoms with van der Waals surface area (Å²) in [7, 11) is 0. The Balaban J connectivity index is 1.05. The van der Waals surface area contributed by atoms with Crippen molar-refractivity contribution in [1.29, 1.82) is 0 Å². The summed E-state index contributed by atoms with van der Waals surface area (Å²) in [5.74, 6) is -9.77. The first-order chi connectivity index (χ1) is 48.0.